The van der Waals surface area contributed by atoms with E-state index in [1.807, 2.05) is 79.7 Å². The van der Waals surface area contributed by atoms with E-state index in [9.17, 15) is 8.42 Å². The van der Waals surface area contributed by atoms with Crippen LogP contribution < -0.4 is 14.8 Å². The molecule has 33 heavy (non-hydrogen) atoms. The molecule has 0 spiro atoms. The van der Waals surface area contributed by atoms with Crippen LogP contribution >= 0.6 is 0 Å². The average Bonchev–Trinajstić information content (AvgIpc) is 2.80. The van der Waals surface area contributed by atoms with Crippen LogP contribution in [0.1, 0.15) is 11.1 Å². The third kappa shape index (κ3) is 6.08. The van der Waals surface area contributed by atoms with Crippen molar-refractivity contribution in [1.29, 1.82) is 0 Å². The van der Waals surface area contributed by atoms with E-state index in [0.717, 1.165) is 28.7 Å². The van der Waals surface area contributed by atoms with Crippen molar-refractivity contribution in [2.45, 2.75) is 13.5 Å². The molecule has 7 nitrogen and oxygen atoms in total. The summed E-state index contributed by atoms with van der Waals surface area (Å²) < 4.78 is 31.9. The SMILES string of the molecule is Cc1ccc(Nc2cc(-c3ccccc3OCc3ccccc3)ncn2)cc1NS(C)(=O)=O. The molecule has 3 aromatic carbocycles. The molecule has 4 aromatic rings. The monoisotopic (exact) mass is 460 g/mol. The Bertz CT molecular complexity index is 1360. The minimum absolute atomic E-state index is 0.452. The average molecular weight is 461 g/mol. The molecule has 0 bridgehead atoms. The first-order valence-electron chi connectivity index (χ1n) is 10.3. The van der Waals surface area contributed by atoms with Crippen molar-refractivity contribution in [3.8, 4) is 17.0 Å². The van der Waals surface area contributed by atoms with Gasteiger partial charge in [-0.2, -0.15) is 0 Å². The van der Waals surface area contributed by atoms with E-state index in [0.29, 0.717) is 29.5 Å². The van der Waals surface area contributed by atoms with Crippen LogP contribution in [-0.2, 0) is 16.6 Å². The van der Waals surface area contributed by atoms with Gasteiger partial charge in [0.15, 0.2) is 0 Å². The summed E-state index contributed by atoms with van der Waals surface area (Å²) in [5, 5.41) is 3.22. The quantitative estimate of drug-likeness (QED) is 0.378. The number of hydrogen-bond donors (Lipinski definition) is 2. The normalized spacial score (nSPS) is 11.1. The van der Waals surface area contributed by atoms with Gasteiger partial charge in [-0.25, -0.2) is 18.4 Å². The van der Waals surface area contributed by atoms with Crippen LogP contribution in [0.2, 0.25) is 0 Å². The second-order valence-electron chi connectivity index (χ2n) is 7.59. The first-order chi connectivity index (χ1) is 15.9. The second-order valence-corrected chi connectivity index (χ2v) is 9.34. The maximum Gasteiger partial charge on any atom is 0.229 e. The van der Waals surface area contributed by atoms with Crippen LogP contribution in [0.4, 0.5) is 17.2 Å². The van der Waals surface area contributed by atoms with Gasteiger partial charge >= 0.3 is 0 Å². The number of nitrogens with zero attached hydrogens (tertiary/aromatic N) is 2. The number of anilines is 3. The molecule has 0 fully saturated rings. The van der Waals surface area contributed by atoms with Gasteiger partial charge in [-0.05, 0) is 42.3 Å². The fourth-order valence-electron chi connectivity index (χ4n) is 3.27. The lowest BCUT2D eigenvalue weighted by molar-refractivity contribution is 0.307. The number of hydrogen-bond acceptors (Lipinski definition) is 6. The van der Waals surface area contributed by atoms with Crippen molar-refractivity contribution >= 4 is 27.2 Å². The van der Waals surface area contributed by atoms with Crippen molar-refractivity contribution in [1.82, 2.24) is 9.97 Å². The minimum atomic E-state index is -3.38. The first-order valence-corrected chi connectivity index (χ1v) is 12.2. The molecule has 1 aromatic heterocycles. The molecule has 168 valence electrons. The Kier molecular flexibility index (Phi) is 6.55. The van der Waals surface area contributed by atoms with E-state index in [1.165, 1.54) is 6.33 Å². The highest BCUT2D eigenvalue weighted by Gasteiger charge is 2.10. The largest absolute Gasteiger partial charge is 0.488 e. The van der Waals surface area contributed by atoms with Crippen LogP contribution in [0.5, 0.6) is 5.75 Å². The molecule has 0 unspecified atom stereocenters. The second kappa shape index (κ2) is 9.70. The van der Waals surface area contributed by atoms with Gasteiger partial charge in [0.25, 0.3) is 0 Å². The van der Waals surface area contributed by atoms with Gasteiger partial charge in [0.1, 0.15) is 24.5 Å². The number of benzene rings is 3. The van der Waals surface area contributed by atoms with E-state index in [4.69, 9.17) is 4.74 Å². The fourth-order valence-corrected chi connectivity index (χ4v) is 3.89. The van der Waals surface area contributed by atoms with E-state index < -0.39 is 10.0 Å². The Balaban J connectivity index is 1.56. The zero-order chi connectivity index (χ0) is 23.3. The Morgan fingerprint density at radius 1 is 0.909 bits per heavy atom. The van der Waals surface area contributed by atoms with Crippen LogP contribution in [0.3, 0.4) is 0 Å². The lowest BCUT2D eigenvalue weighted by Gasteiger charge is -2.13. The molecule has 0 aliphatic heterocycles. The predicted octanol–water partition coefficient (Wildman–Crippen LogP) is 5.15. The number of rotatable bonds is 8. The highest BCUT2D eigenvalue weighted by molar-refractivity contribution is 7.92. The summed E-state index contributed by atoms with van der Waals surface area (Å²) in [5.41, 5.74) is 4.66. The first kappa shape index (κ1) is 22.3. The lowest BCUT2D eigenvalue weighted by Crippen LogP contribution is -2.10. The van der Waals surface area contributed by atoms with Crippen molar-refractivity contribution in [2.75, 3.05) is 16.3 Å². The third-order valence-corrected chi connectivity index (χ3v) is 5.46. The lowest BCUT2D eigenvalue weighted by atomic mass is 10.1. The zero-order valence-electron chi connectivity index (χ0n) is 18.3. The summed E-state index contributed by atoms with van der Waals surface area (Å²) >= 11 is 0. The van der Waals surface area contributed by atoms with Crippen LogP contribution in [0, 0.1) is 6.92 Å². The molecule has 2 N–H and O–H groups in total. The van der Waals surface area contributed by atoms with E-state index >= 15 is 0 Å². The Morgan fingerprint density at radius 3 is 2.45 bits per heavy atom. The third-order valence-electron chi connectivity index (χ3n) is 4.87. The van der Waals surface area contributed by atoms with E-state index in [2.05, 4.69) is 20.0 Å². The summed E-state index contributed by atoms with van der Waals surface area (Å²) in [5.74, 6) is 1.30. The van der Waals surface area contributed by atoms with Crippen molar-refractivity contribution in [3.05, 3.63) is 96.3 Å². The Morgan fingerprint density at radius 2 is 1.67 bits per heavy atom. The number of aryl methyl sites for hydroxylation is 1. The van der Waals surface area contributed by atoms with Gasteiger partial charge in [-0.1, -0.05) is 48.5 Å². The molecular weight excluding hydrogens is 436 g/mol. The number of ether oxygens (including phenoxy) is 1. The number of nitrogens with one attached hydrogen (secondary N) is 2. The number of sulfonamides is 1. The predicted molar refractivity (Wildman–Crippen MR) is 131 cm³/mol. The molecule has 1 heterocycles. The number of aromatic nitrogens is 2. The zero-order valence-corrected chi connectivity index (χ0v) is 19.1. The topological polar surface area (TPSA) is 93.2 Å². The van der Waals surface area contributed by atoms with Crippen molar-refractivity contribution in [3.63, 3.8) is 0 Å². The highest BCUT2D eigenvalue weighted by atomic mass is 32.2. The molecular formula is C25H24N4O3S. The smallest absolute Gasteiger partial charge is 0.229 e. The summed E-state index contributed by atoms with van der Waals surface area (Å²) in [6.45, 7) is 2.29. The standard InChI is InChI=1S/C25H24N4O3S/c1-18-12-13-20(14-22(18)29-33(2,30)31)28-25-15-23(26-17-27-25)21-10-6-7-11-24(21)32-16-19-8-4-3-5-9-19/h3-15,17,29H,16H2,1-2H3,(H,26,27,28). The van der Waals surface area contributed by atoms with Gasteiger partial charge in [-0.15, -0.1) is 0 Å². The van der Waals surface area contributed by atoms with Gasteiger partial charge in [0.05, 0.1) is 17.6 Å². The molecule has 0 aliphatic carbocycles. The van der Waals surface area contributed by atoms with Gasteiger partial charge < -0.3 is 10.1 Å². The molecule has 4 rings (SSSR count). The maximum atomic E-state index is 11.6. The summed E-state index contributed by atoms with van der Waals surface area (Å²) in [7, 11) is -3.38. The van der Waals surface area contributed by atoms with Crippen molar-refractivity contribution < 1.29 is 13.2 Å². The Hall–Kier alpha value is -3.91. The molecule has 0 amide bonds. The molecule has 0 aliphatic rings. The summed E-state index contributed by atoms with van der Waals surface area (Å²) in [6.07, 6.45) is 2.61. The summed E-state index contributed by atoms with van der Waals surface area (Å²) in [6, 6.07) is 25.0. The van der Waals surface area contributed by atoms with Crippen LogP contribution in [0.15, 0.2) is 85.2 Å². The molecule has 8 heteroatoms. The van der Waals surface area contributed by atoms with Gasteiger partial charge in [0.2, 0.25) is 10.0 Å². The number of para-hydroxylation sites is 1. The highest BCUT2D eigenvalue weighted by Crippen LogP contribution is 2.31. The van der Waals surface area contributed by atoms with E-state index in [-0.39, 0.29) is 0 Å². The summed E-state index contributed by atoms with van der Waals surface area (Å²) in [4.78, 5) is 8.73. The van der Waals surface area contributed by atoms with Gasteiger partial charge in [-0.3, -0.25) is 4.72 Å². The maximum absolute atomic E-state index is 11.6. The molecule has 0 atom stereocenters. The molecule has 0 radical (unpaired) electrons. The Labute approximate surface area is 193 Å². The molecule has 0 saturated heterocycles. The van der Waals surface area contributed by atoms with Crippen LogP contribution in [0.25, 0.3) is 11.3 Å². The minimum Gasteiger partial charge on any atom is -0.488 e. The molecule has 0 saturated carbocycles. The van der Waals surface area contributed by atoms with Gasteiger partial charge in [0, 0.05) is 17.3 Å². The fraction of sp³-hybridized carbons (Fsp3) is 0.120. The van der Waals surface area contributed by atoms with Crippen LogP contribution in [-0.4, -0.2) is 24.6 Å². The van der Waals surface area contributed by atoms with E-state index in [1.54, 1.807) is 6.07 Å². The van der Waals surface area contributed by atoms with Crippen molar-refractivity contribution in [2.24, 2.45) is 0 Å².